The number of benzene rings is 1. The van der Waals surface area contributed by atoms with Crippen LogP contribution in [0.1, 0.15) is 23.2 Å². The molecule has 0 spiro atoms. The summed E-state index contributed by atoms with van der Waals surface area (Å²) in [6.07, 6.45) is 3.57. The number of nitrogens with zero attached hydrogens (tertiary/aromatic N) is 2. The molecule has 0 radical (unpaired) electrons. The van der Waals surface area contributed by atoms with Crippen LogP contribution in [0.4, 0.5) is 0 Å². The van der Waals surface area contributed by atoms with Crippen LogP contribution in [0, 0.1) is 0 Å². The Labute approximate surface area is 159 Å². The summed E-state index contributed by atoms with van der Waals surface area (Å²) in [5.41, 5.74) is 1.83. The van der Waals surface area contributed by atoms with E-state index in [1.165, 1.54) is 0 Å². The summed E-state index contributed by atoms with van der Waals surface area (Å²) >= 11 is 0. The first-order chi connectivity index (χ1) is 13.2. The number of carbonyl (C=O) groups is 2. The third kappa shape index (κ3) is 4.90. The van der Waals surface area contributed by atoms with E-state index in [0.717, 1.165) is 30.8 Å². The summed E-state index contributed by atoms with van der Waals surface area (Å²) in [4.78, 5) is 31.3. The average molecular weight is 367 g/mol. The molecule has 142 valence electrons. The molecule has 0 aliphatic carbocycles. The van der Waals surface area contributed by atoms with Gasteiger partial charge in [0.1, 0.15) is 6.04 Å². The SMILES string of the molecule is CNC(=O)C(NC(=O)CN1CCNCC1c1cccnc1)c1ccccc1. The van der Waals surface area contributed by atoms with Crippen LogP contribution in [0.5, 0.6) is 0 Å². The van der Waals surface area contributed by atoms with Gasteiger partial charge in [0, 0.05) is 45.1 Å². The Morgan fingerprint density at radius 3 is 2.78 bits per heavy atom. The van der Waals surface area contributed by atoms with Crippen molar-refractivity contribution in [3.8, 4) is 0 Å². The van der Waals surface area contributed by atoms with Gasteiger partial charge >= 0.3 is 0 Å². The zero-order chi connectivity index (χ0) is 19.1. The molecule has 7 nitrogen and oxygen atoms in total. The van der Waals surface area contributed by atoms with Gasteiger partial charge in [-0.2, -0.15) is 0 Å². The predicted molar refractivity (Wildman–Crippen MR) is 103 cm³/mol. The lowest BCUT2D eigenvalue weighted by Crippen LogP contribution is -2.50. The third-order valence-electron chi connectivity index (χ3n) is 4.72. The van der Waals surface area contributed by atoms with Gasteiger partial charge in [0.05, 0.1) is 6.54 Å². The standard InChI is InChI=1S/C20H25N5O2/c1-21-20(27)19(15-6-3-2-4-7-15)24-18(26)14-25-11-10-23-13-17(25)16-8-5-9-22-12-16/h2-9,12,17,19,23H,10-11,13-14H2,1H3,(H,21,27)(H,24,26). The smallest absolute Gasteiger partial charge is 0.246 e. The molecule has 1 fully saturated rings. The van der Waals surface area contributed by atoms with Gasteiger partial charge in [0.2, 0.25) is 11.8 Å². The number of aromatic nitrogens is 1. The second-order valence-corrected chi connectivity index (χ2v) is 6.50. The Hall–Kier alpha value is -2.77. The molecular formula is C20H25N5O2. The van der Waals surface area contributed by atoms with Gasteiger partial charge in [-0.3, -0.25) is 19.5 Å². The van der Waals surface area contributed by atoms with Gasteiger partial charge in [0.15, 0.2) is 0 Å². The number of hydrogen-bond acceptors (Lipinski definition) is 5. The minimum absolute atomic E-state index is 0.0772. The van der Waals surface area contributed by atoms with E-state index in [2.05, 4.69) is 25.8 Å². The second kappa shape index (κ2) is 9.25. The van der Waals surface area contributed by atoms with Crippen LogP contribution in [-0.4, -0.2) is 54.9 Å². The van der Waals surface area contributed by atoms with E-state index in [-0.39, 0.29) is 24.4 Å². The molecule has 1 saturated heterocycles. The number of hydrogen-bond donors (Lipinski definition) is 3. The Morgan fingerprint density at radius 1 is 1.26 bits per heavy atom. The van der Waals surface area contributed by atoms with Crippen LogP contribution in [0.25, 0.3) is 0 Å². The summed E-state index contributed by atoms with van der Waals surface area (Å²) in [6.45, 7) is 2.56. The summed E-state index contributed by atoms with van der Waals surface area (Å²) in [5.74, 6) is -0.415. The quantitative estimate of drug-likeness (QED) is 0.697. The van der Waals surface area contributed by atoms with E-state index < -0.39 is 6.04 Å². The number of rotatable bonds is 6. The van der Waals surface area contributed by atoms with E-state index in [4.69, 9.17) is 0 Å². The molecule has 1 aromatic heterocycles. The van der Waals surface area contributed by atoms with Crippen molar-refractivity contribution in [1.29, 1.82) is 0 Å². The van der Waals surface area contributed by atoms with Crippen LogP contribution < -0.4 is 16.0 Å². The summed E-state index contributed by atoms with van der Waals surface area (Å²) in [5, 5.41) is 8.86. The number of pyridine rings is 1. The largest absolute Gasteiger partial charge is 0.357 e. The van der Waals surface area contributed by atoms with Crippen LogP contribution >= 0.6 is 0 Å². The topological polar surface area (TPSA) is 86.4 Å². The van der Waals surface area contributed by atoms with Crippen LogP contribution in [0.15, 0.2) is 54.9 Å². The molecule has 2 atom stereocenters. The Bertz CT molecular complexity index is 753. The monoisotopic (exact) mass is 367 g/mol. The fourth-order valence-corrected chi connectivity index (χ4v) is 3.32. The maximum absolute atomic E-state index is 12.7. The number of likely N-dealkylation sites (N-methyl/N-ethyl adjacent to an activating group) is 1. The van der Waals surface area contributed by atoms with Crippen molar-refractivity contribution >= 4 is 11.8 Å². The van der Waals surface area contributed by atoms with Crippen molar-refractivity contribution in [2.24, 2.45) is 0 Å². The highest BCUT2D eigenvalue weighted by atomic mass is 16.2. The Balaban J connectivity index is 1.70. The lowest BCUT2D eigenvalue weighted by Gasteiger charge is -2.36. The highest BCUT2D eigenvalue weighted by Crippen LogP contribution is 2.21. The summed E-state index contributed by atoms with van der Waals surface area (Å²) in [7, 11) is 1.57. The van der Waals surface area contributed by atoms with Crippen molar-refractivity contribution in [2.45, 2.75) is 12.1 Å². The van der Waals surface area contributed by atoms with Crippen molar-refractivity contribution in [1.82, 2.24) is 25.8 Å². The number of carbonyl (C=O) groups excluding carboxylic acids is 2. The van der Waals surface area contributed by atoms with Gasteiger partial charge in [-0.15, -0.1) is 0 Å². The molecule has 3 N–H and O–H groups in total. The first kappa shape index (κ1) is 19.0. The van der Waals surface area contributed by atoms with E-state index in [1.807, 2.05) is 48.7 Å². The predicted octanol–water partition coefficient (Wildman–Crippen LogP) is 0.631. The first-order valence-electron chi connectivity index (χ1n) is 9.09. The van der Waals surface area contributed by atoms with Gasteiger partial charge < -0.3 is 16.0 Å². The Kier molecular flexibility index (Phi) is 6.51. The molecule has 27 heavy (non-hydrogen) atoms. The van der Waals surface area contributed by atoms with Crippen LogP contribution in [0.3, 0.4) is 0 Å². The molecule has 2 aromatic rings. The first-order valence-corrected chi connectivity index (χ1v) is 9.09. The van der Waals surface area contributed by atoms with Crippen LogP contribution in [0.2, 0.25) is 0 Å². The van der Waals surface area contributed by atoms with E-state index in [0.29, 0.717) is 0 Å². The second-order valence-electron chi connectivity index (χ2n) is 6.50. The lowest BCUT2D eigenvalue weighted by atomic mass is 10.0. The molecule has 7 heteroatoms. The zero-order valence-corrected chi connectivity index (χ0v) is 15.4. The molecular weight excluding hydrogens is 342 g/mol. The highest BCUT2D eigenvalue weighted by molar-refractivity contribution is 5.89. The molecule has 2 unspecified atom stereocenters. The minimum Gasteiger partial charge on any atom is -0.357 e. The van der Waals surface area contributed by atoms with Gasteiger partial charge in [0.25, 0.3) is 0 Å². The van der Waals surface area contributed by atoms with Crippen molar-refractivity contribution in [3.05, 3.63) is 66.0 Å². The molecule has 2 amide bonds. The minimum atomic E-state index is -0.705. The van der Waals surface area contributed by atoms with Gasteiger partial charge in [-0.25, -0.2) is 0 Å². The molecule has 1 aliphatic heterocycles. The molecule has 2 heterocycles. The zero-order valence-electron chi connectivity index (χ0n) is 15.4. The van der Waals surface area contributed by atoms with Crippen molar-refractivity contribution in [2.75, 3.05) is 33.2 Å². The van der Waals surface area contributed by atoms with Gasteiger partial charge in [-0.1, -0.05) is 36.4 Å². The summed E-state index contributed by atoms with van der Waals surface area (Å²) in [6, 6.07) is 12.6. The molecule has 0 saturated carbocycles. The van der Waals surface area contributed by atoms with E-state index in [1.54, 1.807) is 13.2 Å². The molecule has 3 rings (SSSR count). The highest BCUT2D eigenvalue weighted by Gasteiger charge is 2.28. The number of nitrogens with one attached hydrogen (secondary N) is 3. The fourth-order valence-electron chi connectivity index (χ4n) is 3.32. The number of amides is 2. The van der Waals surface area contributed by atoms with E-state index in [9.17, 15) is 9.59 Å². The lowest BCUT2D eigenvalue weighted by molar-refractivity contribution is -0.130. The fraction of sp³-hybridized carbons (Fsp3) is 0.350. The Morgan fingerprint density at radius 2 is 2.07 bits per heavy atom. The van der Waals surface area contributed by atoms with Crippen LogP contribution in [-0.2, 0) is 9.59 Å². The van der Waals surface area contributed by atoms with E-state index >= 15 is 0 Å². The number of piperazine rings is 1. The molecule has 1 aromatic carbocycles. The maximum Gasteiger partial charge on any atom is 0.246 e. The average Bonchev–Trinajstić information content (AvgIpc) is 2.73. The van der Waals surface area contributed by atoms with Gasteiger partial charge in [-0.05, 0) is 17.2 Å². The third-order valence-corrected chi connectivity index (χ3v) is 4.72. The maximum atomic E-state index is 12.7. The van der Waals surface area contributed by atoms with Crippen molar-refractivity contribution < 1.29 is 9.59 Å². The van der Waals surface area contributed by atoms with Crippen molar-refractivity contribution in [3.63, 3.8) is 0 Å². The normalized spacial score (nSPS) is 18.5. The molecule has 1 aliphatic rings. The summed E-state index contributed by atoms with van der Waals surface area (Å²) < 4.78 is 0. The molecule has 0 bridgehead atoms.